The highest BCUT2D eigenvalue weighted by molar-refractivity contribution is 5.94. The first-order valence-electron chi connectivity index (χ1n) is 9.84. The lowest BCUT2D eigenvalue weighted by Crippen LogP contribution is -2.48. The number of alkyl halides is 3. The Morgan fingerprint density at radius 1 is 1.13 bits per heavy atom. The molecule has 1 fully saturated rings. The number of guanidine groups is 1. The zero-order valence-corrected chi connectivity index (χ0v) is 17.1. The van der Waals surface area contributed by atoms with Crippen LogP contribution in [0.25, 0.3) is 0 Å². The number of halogens is 3. The second-order valence-electron chi connectivity index (χ2n) is 6.82. The number of benzene rings is 1. The highest BCUT2D eigenvalue weighted by Gasteiger charge is 2.30. The third-order valence-electron chi connectivity index (χ3n) is 4.79. The van der Waals surface area contributed by atoms with Gasteiger partial charge in [0, 0.05) is 38.8 Å². The number of hydrogen-bond donors (Lipinski definition) is 2. The standard InChI is InChI=1S/C20H27F3N4O3/c1-3-30-18(29)15-8-12-27(13-9-15)19(24-2)26-11-10-25-17(28)14-4-6-16(7-5-14)20(21,22)23/h4-7,15H,3,8-13H2,1-2H3,(H,24,26)(H,25,28). The van der Waals surface area contributed by atoms with Gasteiger partial charge in [-0.2, -0.15) is 13.2 Å². The predicted molar refractivity (Wildman–Crippen MR) is 106 cm³/mol. The largest absolute Gasteiger partial charge is 0.466 e. The summed E-state index contributed by atoms with van der Waals surface area (Å²) < 4.78 is 42.8. The van der Waals surface area contributed by atoms with Crippen molar-refractivity contribution in [1.82, 2.24) is 15.5 Å². The average Bonchev–Trinajstić information content (AvgIpc) is 2.73. The average molecular weight is 428 g/mol. The Labute approximate surface area is 173 Å². The summed E-state index contributed by atoms with van der Waals surface area (Å²) in [5.41, 5.74) is -0.635. The fourth-order valence-corrected chi connectivity index (χ4v) is 3.18. The number of ether oxygens (including phenoxy) is 1. The van der Waals surface area contributed by atoms with Crippen molar-refractivity contribution >= 4 is 17.8 Å². The van der Waals surface area contributed by atoms with Crippen LogP contribution in [0, 0.1) is 5.92 Å². The van der Waals surface area contributed by atoms with Gasteiger partial charge in [-0.15, -0.1) is 0 Å². The second-order valence-corrected chi connectivity index (χ2v) is 6.82. The molecule has 2 N–H and O–H groups in total. The van der Waals surface area contributed by atoms with Gasteiger partial charge in [-0.3, -0.25) is 14.6 Å². The molecule has 1 saturated heterocycles. The Balaban J connectivity index is 1.74. The molecule has 1 aliphatic heterocycles. The molecule has 0 radical (unpaired) electrons. The Morgan fingerprint density at radius 2 is 1.73 bits per heavy atom. The summed E-state index contributed by atoms with van der Waals surface area (Å²) in [5, 5.41) is 5.80. The van der Waals surface area contributed by atoms with E-state index in [1.54, 1.807) is 14.0 Å². The Morgan fingerprint density at radius 3 is 2.27 bits per heavy atom. The number of likely N-dealkylation sites (tertiary alicyclic amines) is 1. The van der Waals surface area contributed by atoms with Gasteiger partial charge < -0.3 is 20.3 Å². The first kappa shape index (κ1) is 23.5. The lowest BCUT2D eigenvalue weighted by molar-refractivity contribution is -0.149. The first-order valence-corrected chi connectivity index (χ1v) is 9.84. The van der Waals surface area contributed by atoms with E-state index in [-0.39, 0.29) is 24.0 Å². The van der Waals surface area contributed by atoms with Crippen molar-refractivity contribution in [3.63, 3.8) is 0 Å². The van der Waals surface area contributed by atoms with E-state index < -0.39 is 17.6 Å². The van der Waals surface area contributed by atoms with Crippen LogP contribution >= 0.6 is 0 Å². The Bertz CT molecular complexity index is 743. The van der Waals surface area contributed by atoms with E-state index in [2.05, 4.69) is 15.6 Å². The first-order chi connectivity index (χ1) is 14.3. The van der Waals surface area contributed by atoms with Gasteiger partial charge in [0.2, 0.25) is 0 Å². The van der Waals surface area contributed by atoms with Crippen molar-refractivity contribution in [3.05, 3.63) is 35.4 Å². The molecule has 166 valence electrons. The number of carbonyl (C=O) groups excluding carboxylic acids is 2. The number of amides is 1. The van der Waals surface area contributed by atoms with E-state index >= 15 is 0 Å². The van der Waals surface area contributed by atoms with Gasteiger partial charge in [-0.25, -0.2) is 0 Å². The second kappa shape index (κ2) is 10.8. The van der Waals surface area contributed by atoms with Crippen LogP contribution in [-0.4, -0.2) is 62.6 Å². The van der Waals surface area contributed by atoms with Crippen LogP contribution in [0.1, 0.15) is 35.7 Å². The number of esters is 1. The number of nitrogens with one attached hydrogen (secondary N) is 2. The Hall–Kier alpha value is -2.78. The molecule has 1 amide bonds. The number of nitrogens with zero attached hydrogens (tertiary/aromatic N) is 2. The zero-order chi connectivity index (χ0) is 22.1. The van der Waals surface area contributed by atoms with Crippen LogP contribution in [0.4, 0.5) is 13.2 Å². The summed E-state index contributed by atoms with van der Waals surface area (Å²) >= 11 is 0. The molecule has 0 atom stereocenters. The molecule has 0 aromatic heterocycles. The van der Waals surface area contributed by atoms with Gasteiger partial charge in [0.05, 0.1) is 18.1 Å². The van der Waals surface area contributed by atoms with Crippen LogP contribution < -0.4 is 10.6 Å². The third-order valence-corrected chi connectivity index (χ3v) is 4.79. The molecule has 10 heteroatoms. The summed E-state index contributed by atoms with van der Waals surface area (Å²) in [6, 6.07) is 4.07. The minimum Gasteiger partial charge on any atom is -0.466 e. The van der Waals surface area contributed by atoms with Crippen molar-refractivity contribution in [2.45, 2.75) is 25.9 Å². The monoisotopic (exact) mass is 428 g/mol. The van der Waals surface area contributed by atoms with E-state index in [4.69, 9.17) is 4.74 Å². The van der Waals surface area contributed by atoms with E-state index in [1.807, 2.05) is 4.90 Å². The molecule has 0 aliphatic carbocycles. The highest BCUT2D eigenvalue weighted by atomic mass is 19.4. The van der Waals surface area contributed by atoms with Gasteiger partial charge in [0.25, 0.3) is 5.91 Å². The molecule has 30 heavy (non-hydrogen) atoms. The molecule has 1 aromatic rings. The molecule has 0 saturated carbocycles. The SMILES string of the molecule is CCOC(=O)C1CCN(C(=NC)NCCNC(=O)c2ccc(C(F)(F)F)cc2)CC1. The predicted octanol–water partition coefficient (Wildman–Crippen LogP) is 2.29. The minimum atomic E-state index is -4.43. The molecule has 2 rings (SSSR count). The maximum Gasteiger partial charge on any atom is 0.416 e. The maximum absolute atomic E-state index is 12.6. The van der Waals surface area contributed by atoms with Crippen LogP contribution in [-0.2, 0) is 15.7 Å². The van der Waals surface area contributed by atoms with E-state index in [0.717, 1.165) is 24.3 Å². The number of hydrogen-bond acceptors (Lipinski definition) is 4. The quantitative estimate of drug-likeness (QED) is 0.314. The summed E-state index contributed by atoms with van der Waals surface area (Å²) in [4.78, 5) is 30.1. The molecular weight excluding hydrogens is 401 g/mol. The summed E-state index contributed by atoms with van der Waals surface area (Å²) in [6.45, 7) is 4.17. The molecule has 0 unspecified atom stereocenters. The van der Waals surface area contributed by atoms with Crippen molar-refractivity contribution < 1.29 is 27.5 Å². The topological polar surface area (TPSA) is 83.0 Å². The molecule has 7 nitrogen and oxygen atoms in total. The maximum atomic E-state index is 12.6. The summed E-state index contributed by atoms with van der Waals surface area (Å²) in [6.07, 6.45) is -3.06. The van der Waals surface area contributed by atoms with Crippen molar-refractivity contribution in [2.75, 3.05) is 39.8 Å². The molecule has 0 bridgehead atoms. The van der Waals surface area contributed by atoms with Crippen LogP contribution in [0.3, 0.4) is 0 Å². The van der Waals surface area contributed by atoms with E-state index in [9.17, 15) is 22.8 Å². The van der Waals surface area contributed by atoms with E-state index in [0.29, 0.717) is 45.0 Å². The van der Waals surface area contributed by atoms with Crippen LogP contribution in [0.15, 0.2) is 29.3 Å². The smallest absolute Gasteiger partial charge is 0.416 e. The lowest BCUT2D eigenvalue weighted by Gasteiger charge is -2.33. The van der Waals surface area contributed by atoms with Gasteiger partial charge in [0.15, 0.2) is 5.96 Å². The Kier molecular flexibility index (Phi) is 8.49. The van der Waals surface area contributed by atoms with Gasteiger partial charge >= 0.3 is 12.1 Å². The zero-order valence-electron chi connectivity index (χ0n) is 17.1. The van der Waals surface area contributed by atoms with Crippen molar-refractivity contribution in [1.29, 1.82) is 0 Å². The normalized spacial score (nSPS) is 15.6. The number of aliphatic imine (C=N–C) groups is 1. The number of piperidine rings is 1. The third kappa shape index (κ3) is 6.64. The van der Waals surface area contributed by atoms with E-state index in [1.165, 1.54) is 0 Å². The fourth-order valence-electron chi connectivity index (χ4n) is 3.18. The van der Waals surface area contributed by atoms with Gasteiger partial charge in [-0.05, 0) is 44.0 Å². The number of carbonyl (C=O) groups is 2. The van der Waals surface area contributed by atoms with Crippen molar-refractivity contribution in [3.8, 4) is 0 Å². The molecule has 0 spiro atoms. The van der Waals surface area contributed by atoms with Crippen molar-refractivity contribution in [2.24, 2.45) is 10.9 Å². The fraction of sp³-hybridized carbons (Fsp3) is 0.550. The summed E-state index contributed by atoms with van der Waals surface area (Å²) in [7, 11) is 1.65. The lowest BCUT2D eigenvalue weighted by atomic mass is 9.97. The minimum absolute atomic E-state index is 0.0951. The summed E-state index contributed by atoms with van der Waals surface area (Å²) in [5.74, 6) is -0.0368. The molecule has 1 aromatic carbocycles. The van der Waals surface area contributed by atoms with Crippen LogP contribution in [0.5, 0.6) is 0 Å². The van der Waals surface area contributed by atoms with Crippen LogP contribution in [0.2, 0.25) is 0 Å². The highest BCUT2D eigenvalue weighted by Crippen LogP contribution is 2.29. The molecule has 1 aliphatic rings. The number of rotatable bonds is 6. The molecule has 1 heterocycles. The molecular formula is C20H27F3N4O3. The van der Waals surface area contributed by atoms with Gasteiger partial charge in [-0.1, -0.05) is 0 Å². The van der Waals surface area contributed by atoms with Gasteiger partial charge in [0.1, 0.15) is 0 Å².